The molecule has 0 fully saturated rings. The van der Waals surface area contributed by atoms with Crippen LogP contribution in [-0.2, 0) is 9.53 Å². The number of carboxylic acids is 1. The second-order valence-electron chi connectivity index (χ2n) is 3.71. The van der Waals surface area contributed by atoms with E-state index in [1.165, 1.54) is 13.2 Å². The molecule has 1 aromatic rings. The number of aromatic carboxylic acids is 1. The molecule has 0 radical (unpaired) electrons. The van der Waals surface area contributed by atoms with E-state index in [0.29, 0.717) is 6.42 Å². The number of carboxylic acid groups (broad SMARTS) is 1. The lowest BCUT2D eigenvalue weighted by Gasteiger charge is -2.24. The van der Waals surface area contributed by atoms with Gasteiger partial charge in [-0.05, 0) is 13.3 Å². The predicted molar refractivity (Wildman–Crippen MR) is 59.9 cm³/mol. The summed E-state index contributed by atoms with van der Waals surface area (Å²) in [6, 6.07) is 1.24. The highest BCUT2D eigenvalue weighted by molar-refractivity contribution is 5.97. The van der Waals surface area contributed by atoms with Crippen molar-refractivity contribution in [1.82, 2.24) is 10.2 Å². The zero-order chi connectivity index (χ0) is 13.1. The molecular formula is C10H15N3O4. The molecule has 1 unspecified atom stereocenters. The van der Waals surface area contributed by atoms with Gasteiger partial charge in [-0.2, -0.15) is 5.10 Å². The molecule has 1 atom stereocenters. The molecular weight excluding hydrogens is 226 g/mol. The highest BCUT2D eigenvalue weighted by atomic mass is 16.5. The molecule has 1 heterocycles. The van der Waals surface area contributed by atoms with E-state index in [-0.39, 0.29) is 17.4 Å². The van der Waals surface area contributed by atoms with Crippen LogP contribution in [0.1, 0.15) is 30.8 Å². The summed E-state index contributed by atoms with van der Waals surface area (Å²) in [6.07, 6.45) is 0.492. The zero-order valence-electron chi connectivity index (χ0n) is 9.90. The molecule has 3 N–H and O–H groups in total. The highest BCUT2D eigenvalue weighted by Gasteiger charge is 2.31. The largest absolute Gasteiger partial charge is 0.477 e. The minimum atomic E-state index is -1.14. The first-order valence-electron chi connectivity index (χ1n) is 5.08. The van der Waals surface area contributed by atoms with Gasteiger partial charge in [0.05, 0.1) is 0 Å². The minimum Gasteiger partial charge on any atom is -0.477 e. The Morgan fingerprint density at radius 2 is 2.29 bits per heavy atom. The van der Waals surface area contributed by atoms with Crippen molar-refractivity contribution >= 4 is 17.7 Å². The van der Waals surface area contributed by atoms with Gasteiger partial charge in [0.25, 0.3) is 5.91 Å². The van der Waals surface area contributed by atoms with Crippen molar-refractivity contribution in [2.45, 2.75) is 25.9 Å². The first-order chi connectivity index (χ1) is 7.92. The maximum atomic E-state index is 11.8. The Labute approximate surface area is 98.2 Å². The molecule has 0 saturated heterocycles. The topological polar surface area (TPSA) is 104 Å². The number of nitrogens with one attached hydrogen (secondary N) is 2. The fourth-order valence-electron chi connectivity index (χ4n) is 1.14. The average molecular weight is 241 g/mol. The molecule has 0 bridgehead atoms. The molecule has 0 aromatic carbocycles. The van der Waals surface area contributed by atoms with Crippen LogP contribution < -0.4 is 5.32 Å². The second-order valence-corrected chi connectivity index (χ2v) is 3.71. The van der Waals surface area contributed by atoms with E-state index in [1.54, 1.807) is 6.92 Å². The van der Waals surface area contributed by atoms with Crippen LogP contribution in [0.15, 0.2) is 6.07 Å². The summed E-state index contributed by atoms with van der Waals surface area (Å²) in [5.41, 5.74) is -1.04. The standard InChI is InChI=1S/C10H15N3O4/c1-4-10(2,17-3)9(16)11-7-5-6(8(14)15)12-13-7/h5H,4H2,1-3H3,(H,14,15)(H2,11,12,13,16). The first-order valence-corrected chi connectivity index (χ1v) is 5.08. The molecule has 0 spiro atoms. The number of aromatic amines is 1. The molecule has 0 aliphatic rings. The molecule has 0 aliphatic carbocycles. The lowest BCUT2D eigenvalue weighted by Crippen LogP contribution is -2.41. The van der Waals surface area contributed by atoms with Gasteiger partial charge in [-0.25, -0.2) is 4.79 Å². The third-order valence-electron chi connectivity index (χ3n) is 2.66. The van der Waals surface area contributed by atoms with Gasteiger partial charge in [-0.15, -0.1) is 0 Å². The summed E-state index contributed by atoms with van der Waals surface area (Å²) in [6.45, 7) is 3.46. The molecule has 7 nitrogen and oxygen atoms in total. The van der Waals surface area contributed by atoms with Crippen molar-refractivity contribution in [3.05, 3.63) is 11.8 Å². The SMILES string of the molecule is CCC(C)(OC)C(=O)Nc1cc(C(=O)O)[nH]n1. The third-order valence-corrected chi connectivity index (χ3v) is 2.66. The Balaban J connectivity index is 2.77. The van der Waals surface area contributed by atoms with Gasteiger partial charge >= 0.3 is 5.97 Å². The quantitative estimate of drug-likeness (QED) is 0.709. The number of ether oxygens (including phenoxy) is 1. The minimum absolute atomic E-state index is 0.0871. The Kier molecular flexibility index (Phi) is 3.84. The molecule has 1 rings (SSSR count). The van der Waals surface area contributed by atoms with E-state index in [9.17, 15) is 9.59 Å². The van der Waals surface area contributed by atoms with Crippen LogP contribution in [-0.4, -0.2) is 39.9 Å². The van der Waals surface area contributed by atoms with Crippen LogP contribution >= 0.6 is 0 Å². The molecule has 7 heteroatoms. The number of aromatic nitrogens is 2. The normalized spacial score (nSPS) is 14.1. The number of rotatable bonds is 5. The number of nitrogens with zero attached hydrogens (tertiary/aromatic N) is 1. The van der Waals surface area contributed by atoms with Crippen LogP contribution in [0.25, 0.3) is 0 Å². The maximum absolute atomic E-state index is 11.8. The number of anilines is 1. The molecule has 0 aliphatic heterocycles. The fourth-order valence-corrected chi connectivity index (χ4v) is 1.14. The van der Waals surface area contributed by atoms with Gasteiger partial charge < -0.3 is 15.2 Å². The van der Waals surface area contributed by atoms with Crippen molar-refractivity contribution in [3.8, 4) is 0 Å². The van der Waals surface area contributed by atoms with Gasteiger partial charge in [0, 0.05) is 13.2 Å². The van der Waals surface area contributed by atoms with Crippen molar-refractivity contribution in [2.75, 3.05) is 12.4 Å². The first kappa shape index (κ1) is 13.2. The summed E-state index contributed by atoms with van der Waals surface area (Å²) >= 11 is 0. The van der Waals surface area contributed by atoms with Crippen LogP contribution in [0.2, 0.25) is 0 Å². The fraction of sp³-hybridized carbons (Fsp3) is 0.500. The van der Waals surface area contributed by atoms with Crippen molar-refractivity contribution < 1.29 is 19.4 Å². The number of carbonyl (C=O) groups excluding carboxylic acids is 1. The Morgan fingerprint density at radius 3 is 2.71 bits per heavy atom. The van der Waals surface area contributed by atoms with E-state index >= 15 is 0 Å². The maximum Gasteiger partial charge on any atom is 0.353 e. The van der Waals surface area contributed by atoms with Crippen molar-refractivity contribution in [3.63, 3.8) is 0 Å². The molecule has 94 valence electrons. The van der Waals surface area contributed by atoms with E-state index in [0.717, 1.165) is 0 Å². The summed E-state index contributed by atoms with van der Waals surface area (Å²) in [5.74, 6) is -1.35. The molecule has 0 saturated carbocycles. The Morgan fingerprint density at radius 1 is 1.65 bits per heavy atom. The smallest absolute Gasteiger partial charge is 0.353 e. The van der Waals surface area contributed by atoms with E-state index in [1.807, 2.05) is 6.92 Å². The van der Waals surface area contributed by atoms with Crippen LogP contribution in [0.4, 0.5) is 5.82 Å². The van der Waals surface area contributed by atoms with E-state index in [2.05, 4.69) is 15.5 Å². The Hall–Kier alpha value is -1.89. The lowest BCUT2D eigenvalue weighted by molar-refractivity contribution is -0.136. The monoisotopic (exact) mass is 241 g/mol. The number of methoxy groups -OCH3 is 1. The predicted octanol–water partition coefficient (Wildman–Crippen LogP) is 0.861. The summed E-state index contributed by atoms with van der Waals surface area (Å²) in [7, 11) is 1.44. The highest BCUT2D eigenvalue weighted by Crippen LogP contribution is 2.17. The third kappa shape index (κ3) is 2.82. The Bertz CT molecular complexity index is 423. The second kappa shape index (κ2) is 4.96. The average Bonchev–Trinajstić information content (AvgIpc) is 2.76. The van der Waals surface area contributed by atoms with Gasteiger partial charge in [0.1, 0.15) is 11.3 Å². The van der Waals surface area contributed by atoms with Gasteiger partial charge in [0.2, 0.25) is 0 Å². The number of amides is 1. The number of hydrogen-bond acceptors (Lipinski definition) is 4. The molecule has 1 amide bonds. The van der Waals surface area contributed by atoms with E-state index in [4.69, 9.17) is 9.84 Å². The van der Waals surface area contributed by atoms with Gasteiger partial charge in [-0.1, -0.05) is 6.92 Å². The number of H-pyrrole nitrogens is 1. The van der Waals surface area contributed by atoms with Gasteiger partial charge in [0.15, 0.2) is 5.82 Å². The van der Waals surface area contributed by atoms with Crippen molar-refractivity contribution in [2.24, 2.45) is 0 Å². The summed E-state index contributed by atoms with van der Waals surface area (Å²) in [5, 5.41) is 17.1. The van der Waals surface area contributed by atoms with Crippen LogP contribution in [0, 0.1) is 0 Å². The zero-order valence-corrected chi connectivity index (χ0v) is 9.90. The molecule has 1 aromatic heterocycles. The van der Waals surface area contributed by atoms with E-state index < -0.39 is 11.6 Å². The lowest BCUT2D eigenvalue weighted by atomic mass is 10.0. The number of carbonyl (C=O) groups is 2. The van der Waals surface area contributed by atoms with Crippen molar-refractivity contribution in [1.29, 1.82) is 0 Å². The van der Waals surface area contributed by atoms with Crippen LogP contribution in [0.3, 0.4) is 0 Å². The van der Waals surface area contributed by atoms with Gasteiger partial charge in [-0.3, -0.25) is 9.89 Å². The van der Waals surface area contributed by atoms with Crippen LogP contribution in [0.5, 0.6) is 0 Å². The summed E-state index contributed by atoms with van der Waals surface area (Å²) < 4.78 is 5.11. The molecule has 17 heavy (non-hydrogen) atoms. The summed E-state index contributed by atoms with van der Waals surface area (Å²) in [4.78, 5) is 22.4. The number of hydrogen-bond donors (Lipinski definition) is 3.